The summed E-state index contributed by atoms with van der Waals surface area (Å²) in [6.45, 7) is 4.59. The molecular formula is C29H36ClF5N6O3S. The standard InChI is InChI=1S/C29H36ClF5N6O3S/c1-28(2,3)26(43)37-13-15-5-10-19(30)20(11-15)39-27(45)40-21-12-18(25(41-23(21)36-4)44-14-22(31)32)24(42)38-17-8-6-16(7-9-17)29(33,34)35/h5,10-12,16-17,22H,6-9,13-14H2,1-4H3,(H,36,41)(H,37,43)(H,38,42)(H2,39,40,45). The highest BCUT2D eigenvalue weighted by atomic mass is 35.5. The number of thiocarbonyl (C=S) groups is 1. The number of alkyl halides is 5. The second-order valence-electron chi connectivity index (χ2n) is 11.6. The number of ether oxygens (including phenoxy) is 1. The molecule has 1 aliphatic rings. The normalized spacial score (nSPS) is 17.0. The summed E-state index contributed by atoms with van der Waals surface area (Å²) < 4.78 is 70.3. The van der Waals surface area contributed by atoms with Crippen LogP contribution < -0.4 is 31.3 Å². The number of benzene rings is 1. The van der Waals surface area contributed by atoms with Gasteiger partial charge in [-0.25, -0.2) is 8.78 Å². The average molecular weight is 679 g/mol. The van der Waals surface area contributed by atoms with Gasteiger partial charge in [0.15, 0.2) is 17.5 Å². The maximum atomic E-state index is 13.3. The molecule has 0 radical (unpaired) electrons. The highest BCUT2D eigenvalue weighted by molar-refractivity contribution is 7.80. The molecule has 0 unspecified atom stereocenters. The number of hydrogen-bond donors (Lipinski definition) is 5. The molecule has 9 nitrogen and oxygen atoms in total. The molecule has 1 aliphatic carbocycles. The molecule has 0 atom stereocenters. The summed E-state index contributed by atoms with van der Waals surface area (Å²) in [5.41, 5.74) is 0.548. The van der Waals surface area contributed by atoms with E-state index in [-0.39, 0.29) is 60.3 Å². The fourth-order valence-electron chi connectivity index (χ4n) is 4.53. The summed E-state index contributed by atoms with van der Waals surface area (Å²) in [6.07, 6.45) is -7.23. The molecule has 0 saturated heterocycles. The Labute approximate surface area is 268 Å². The molecule has 0 bridgehead atoms. The van der Waals surface area contributed by atoms with E-state index >= 15 is 0 Å². The van der Waals surface area contributed by atoms with Crippen molar-refractivity contribution >= 4 is 57.9 Å². The number of rotatable bonds is 10. The van der Waals surface area contributed by atoms with Gasteiger partial charge in [0.1, 0.15) is 5.56 Å². The fourth-order valence-corrected chi connectivity index (χ4v) is 4.91. The van der Waals surface area contributed by atoms with Crippen LogP contribution in [0.3, 0.4) is 0 Å². The highest BCUT2D eigenvalue weighted by Crippen LogP contribution is 2.38. The van der Waals surface area contributed by atoms with Crippen LogP contribution in [0.15, 0.2) is 24.3 Å². The maximum absolute atomic E-state index is 13.3. The topological polar surface area (TPSA) is 116 Å². The van der Waals surface area contributed by atoms with Gasteiger partial charge in [-0.15, -0.1) is 0 Å². The first kappa shape index (κ1) is 36.0. The Morgan fingerprint density at radius 1 is 1.07 bits per heavy atom. The highest BCUT2D eigenvalue weighted by Gasteiger charge is 2.41. The van der Waals surface area contributed by atoms with Crippen LogP contribution in [-0.2, 0) is 11.3 Å². The second kappa shape index (κ2) is 15.2. The molecule has 5 N–H and O–H groups in total. The van der Waals surface area contributed by atoms with Crippen LogP contribution in [0, 0.1) is 11.3 Å². The molecule has 1 aromatic heterocycles. The Balaban J connectivity index is 1.79. The molecule has 2 aromatic rings. The van der Waals surface area contributed by atoms with Crippen LogP contribution in [0.4, 0.5) is 39.1 Å². The van der Waals surface area contributed by atoms with Gasteiger partial charge in [0, 0.05) is 25.0 Å². The number of aromatic nitrogens is 1. The Morgan fingerprint density at radius 2 is 1.71 bits per heavy atom. The van der Waals surface area contributed by atoms with Crippen molar-refractivity contribution in [1.29, 1.82) is 0 Å². The van der Waals surface area contributed by atoms with E-state index in [9.17, 15) is 31.5 Å². The molecule has 1 heterocycles. The van der Waals surface area contributed by atoms with Crippen LogP contribution in [0.2, 0.25) is 5.02 Å². The van der Waals surface area contributed by atoms with Gasteiger partial charge < -0.3 is 31.3 Å². The maximum Gasteiger partial charge on any atom is 0.391 e. The molecule has 1 aromatic carbocycles. The number of halogens is 6. The number of carbonyl (C=O) groups is 2. The van der Waals surface area contributed by atoms with Crippen LogP contribution in [0.25, 0.3) is 0 Å². The van der Waals surface area contributed by atoms with E-state index in [1.54, 1.807) is 39.0 Å². The lowest BCUT2D eigenvalue weighted by Crippen LogP contribution is -2.40. The molecule has 45 heavy (non-hydrogen) atoms. The zero-order valence-electron chi connectivity index (χ0n) is 25.1. The summed E-state index contributed by atoms with van der Waals surface area (Å²) in [5.74, 6) is -2.60. The molecule has 248 valence electrons. The number of hydrogen-bond acceptors (Lipinski definition) is 6. The summed E-state index contributed by atoms with van der Waals surface area (Å²) in [6, 6.07) is 5.82. The Bertz CT molecular complexity index is 1380. The number of amides is 2. The number of nitrogens with one attached hydrogen (secondary N) is 5. The fraction of sp³-hybridized carbons (Fsp3) is 0.517. The first-order chi connectivity index (χ1) is 21.0. The minimum atomic E-state index is -4.31. The van der Waals surface area contributed by atoms with Crippen molar-refractivity contribution in [2.45, 2.75) is 71.6 Å². The van der Waals surface area contributed by atoms with Crippen molar-refractivity contribution in [2.75, 3.05) is 29.6 Å². The van der Waals surface area contributed by atoms with Crippen molar-refractivity contribution in [2.24, 2.45) is 11.3 Å². The van der Waals surface area contributed by atoms with Crippen molar-refractivity contribution in [3.63, 3.8) is 0 Å². The molecule has 0 aliphatic heterocycles. The third kappa shape index (κ3) is 10.6. The van der Waals surface area contributed by atoms with Gasteiger partial charge >= 0.3 is 6.18 Å². The predicted molar refractivity (Wildman–Crippen MR) is 167 cm³/mol. The number of pyridine rings is 1. The Hall–Kier alpha value is -3.46. The lowest BCUT2D eigenvalue weighted by molar-refractivity contribution is -0.182. The lowest BCUT2D eigenvalue weighted by atomic mass is 9.85. The van der Waals surface area contributed by atoms with Gasteiger partial charge in [-0.05, 0) is 61.7 Å². The molecule has 0 spiro atoms. The second-order valence-corrected chi connectivity index (χ2v) is 12.4. The van der Waals surface area contributed by atoms with Crippen molar-refractivity contribution in [1.82, 2.24) is 15.6 Å². The average Bonchev–Trinajstić information content (AvgIpc) is 2.95. The zero-order valence-corrected chi connectivity index (χ0v) is 26.7. The van der Waals surface area contributed by atoms with Crippen molar-refractivity contribution < 1.29 is 36.3 Å². The van der Waals surface area contributed by atoms with E-state index in [1.165, 1.54) is 13.1 Å². The quantitative estimate of drug-likeness (QED) is 0.139. The summed E-state index contributed by atoms with van der Waals surface area (Å²) in [7, 11) is 1.51. The first-order valence-electron chi connectivity index (χ1n) is 14.1. The van der Waals surface area contributed by atoms with Crippen LogP contribution >= 0.6 is 23.8 Å². The van der Waals surface area contributed by atoms with Gasteiger partial charge in [0.05, 0.1) is 22.3 Å². The zero-order chi connectivity index (χ0) is 33.5. The molecule has 1 saturated carbocycles. The van der Waals surface area contributed by atoms with Crippen molar-refractivity contribution in [3.05, 3.63) is 40.4 Å². The van der Waals surface area contributed by atoms with Crippen LogP contribution in [0.1, 0.15) is 62.4 Å². The van der Waals surface area contributed by atoms with Crippen LogP contribution in [0.5, 0.6) is 5.88 Å². The largest absolute Gasteiger partial charge is 0.471 e. The Morgan fingerprint density at radius 3 is 2.29 bits per heavy atom. The van der Waals surface area contributed by atoms with E-state index in [2.05, 4.69) is 31.6 Å². The Kier molecular flexibility index (Phi) is 12.2. The molecule has 1 fully saturated rings. The molecule has 16 heteroatoms. The molecule has 2 amide bonds. The summed E-state index contributed by atoms with van der Waals surface area (Å²) in [5, 5.41) is 14.5. The van der Waals surface area contributed by atoms with Crippen molar-refractivity contribution in [3.8, 4) is 5.88 Å². The monoisotopic (exact) mass is 678 g/mol. The first-order valence-corrected chi connectivity index (χ1v) is 14.9. The predicted octanol–water partition coefficient (Wildman–Crippen LogP) is 6.74. The molecule has 3 rings (SSSR count). The van der Waals surface area contributed by atoms with E-state index in [1.807, 2.05) is 0 Å². The third-order valence-corrected chi connectivity index (χ3v) is 7.54. The number of anilines is 3. The summed E-state index contributed by atoms with van der Waals surface area (Å²) in [4.78, 5) is 29.7. The SMILES string of the molecule is CNc1nc(OCC(F)F)c(C(=O)NC2CCC(C(F)(F)F)CC2)cc1NC(=S)Nc1cc(CNC(=O)C(C)(C)C)ccc1Cl. The van der Waals surface area contributed by atoms with E-state index < -0.39 is 48.4 Å². The lowest BCUT2D eigenvalue weighted by Gasteiger charge is -2.30. The minimum absolute atomic E-state index is 0.0316. The van der Waals surface area contributed by atoms with Gasteiger partial charge in [-0.3, -0.25) is 9.59 Å². The van der Waals surface area contributed by atoms with Crippen LogP contribution in [-0.4, -0.2) is 54.2 Å². The van der Waals surface area contributed by atoms with Gasteiger partial charge in [0.25, 0.3) is 12.3 Å². The van der Waals surface area contributed by atoms with E-state index in [0.29, 0.717) is 10.7 Å². The van der Waals surface area contributed by atoms with E-state index in [4.69, 9.17) is 28.6 Å². The van der Waals surface area contributed by atoms with Gasteiger partial charge in [-0.1, -0.05) is 38.4 Å². The smallest absolute Gasteiger partial charge is 0.391 e. The van der Waals surface area contributed by atoms with Gasteiger partial charge in [0.2, 0.25) is 11.8 Å². The molecular weight excluding hydrogens is 643 g/mol. The summed E-state index contributed by atoms with van der Waals surface area (Å²) >= 11 is 11.8. The number of carbonyl (C=O) groups excluding carboxylic acids is 2. The van der Waals surface area contributed by atoms with E-state index in [0.717, 1.165) is 5.56 Å². The number of nitrogens with zero attached hydrogens (tertiary/aromatic N) is 1. The third-order valence-electron chi connectivity index (χ3n) is 7.00. The minimum Gasteiger partial charge on any atom is -0.471 e. The van der Waals surface area contributed by atoms with Gasteiger partial charge in [-0.2, -0.15) is 18.2 Å².